The van der Waals surface area contributed by atoms with Crippen molar-refractivity contribution in [2.45, 2.75) is 32.4 Å². The Morgan fingerprint density at radius 3 is 2.77 bits per heavy atom. The molecular formula is C16H22ClFN2O2. The van der Waals surface area contributed by atoms with E-state index in [1.807, 2.05) is 11.8 Å². The van der Waals surface area contributed by atoms with Crippen molar-refractivity contribution in [1.82, 2.24) is 9.80 Å². The first-order chi connectivity index (χ1) is 10.5. The summed E-state index contributed by atoms with van der Waals surface area (Å²) in [5.74, 6) is -1.63. The first-order valence-corrected chi connectivity index (χ1v) is 7.98. The minimum atomic E-state index is -1.07. The molecule has 1 fully saturated rings. The summed E-state index contributed by atoms with van der Waals surface area (Å²) in [5, 5.41) is 9.80. The normalized spacial score (nSPS) is 21.7. The number of hydrogen-bond donors (Lipinski definition) is 1. The standard InChI is InChI=1S/C16H22ClFN2O2/c1-3-7-19-8-9-20(11(2)10-19)15(16(21)22)14-12(17)5-4-6-13(14)18/h4-6,11,15H,3,7-10H2,1-2H3,(H,21,22). The van der Waals surface area contributed by atoms with Gasteiger partial charge < -0.3 is 10.0 Å². The Bertz CT molecular complexity index is 521. The molecule has 0 spiro atoms. The van der Waals surface area contributed by atoms with Gasteiger partial charge in [0.2, 0.25) is 0 Å². The summed E-state index contributed by atoms with van der Waals surface area (Å²) in [5.41, 5.74) is 0.0625. The molecule has 1 heterocycles. The van der Waals surface area contributed by atoms with E-state index in [4.69, 9.17) is 11.6 Å². The Morgan fingerprint density at radius 1 is 1.50 bits per heavy atom. The highest BCUT2D eigenvalue weighted by Crippen LogP contribution is 2.32. The van der Waals surface area contributed by atoms with Crippen LogP contribution >= 0.6 is 11.6 Å². The van der Waals surface area contributed by atoms with E-state index >= 15 is 0 Å². The predicted octanol–water partition coefficient (Wildman–Crippen LogP) is 3.02. The molecule has 1 aromatic carbocycles. The maximum Gasteiger partial charge on any atom is 0.325 e. The molecular weight excluding hydrogens is 307 g/mol. The third-order valence-corrected chi connectivity index (χ3v) is 4.47. The summed E-state index contributed by atoms with van der Waals surface area (Å²) in [6, 6.07) is 3.26. The maximum absolute atomic E-state index is 14.2. The maximum atomic E-state index is 14.2. The summed E-state index contributed by atoms with van der Waals surface area (Å²) in [6.45, 7) is 7.25. The predicted molar refractivity (Wildman–Crippen MR) is 84.7 cm³/mol. The van der Waals surface area contributed by atoms with Gasteiger partial charge in [-0.05, 0) is 32.0 Å². The van der Waals surface area contributed by atoms with Crippen LogP contribution in [0.1, 0.15) is 31.9 Å². The van der Waals surface area contributed by atoms with E-state index in [1.165, 1.54) is 18.2 Å². The number of rotatable bonds is 5. The van der Waals surface area contributed by atoms with Crippen molar-refractivity contribution in [1.29, 1.82) is 0 Å². The van der Waals surface area contributed by atoms with Crippen LogP contribution in [0.3, 0.4) is 0 Å². The second-order valence-corrected chi connectivity index (χ2v) is 6.17. The average Bonchev–Trinajstić information content (AvgIpc) is 2.44. The zero-order chi connectivity index (χ0) is 16.3. The SMILES string of the molecule is CCCN1CCN(C(C(=O)O)c2c(F)cccc2Cl)C(C)C1. The molecule has 0 aromatic heterocycles. The van der Waals surface area contributed by atoms with Crippen LogP contribution in [0.15, 0.2) is 18.2 Å². The van der Waals surface area contributed by atoms with E-state index in [0.29, 0.717) is 6.54 Å². The molecule has 1 aliphatic rings. The lowest BCUT2D eigenvalue weighted by molar-refractivity contribution is -0.146. The van der Waals surface area contributed by atoms with Gasteiger partial charge in [0.25, 0.3) is 0 Å². The molecule has 1 N–H and O–H groups in total. The van der Waals surface area contributed by atoms with E-state index in [9.17, 15) is 14.3 Å². The fraction of sp³-hybridized carbons (Fsp3) is 0.562. The van der Waals surface area contributed by atoms with Crippen molar-refractivity contribution in [3.8, 4) is 0 Å². The second kappa shape index (κ2) is 7.40. The number of aliphatic carboxylic acids is 1. The molecule has 2 atom stereocenters. The molecule has 1 aliphatic heterocycles. The highest BCUT2D eigenvalue weighted by molar-refractivity contribution is 6.31. The van der Waals surface area contributed by atoms with Crippen LogP contribution in [0.2, 0.25) is 5.02 Å². The van der Waals surface area contributed by atoms with Crippen molar-refractivity contribution >= 4 is 17.6 Å². The largest absolute Gasteiger partial charge is 0.480 e. The van der Waals surface area contributed by atoms with Gasteiger partial charge in [0.1, 0.15) is 11.9 Å². The molecule has 0 radical (unpaired) electrons. The van der Waals surface area contributed by atoms with E-state index in [-0.39, 0.29) is 16.6 Å². The van der Waals surface area contributed by atoms with Crippen molar-refractivity contribution in [2.75, 3.05) is 26.2 Å². The van der Waals surface area contributed by atoms with Gasteiger partial charge >= 0.3 is 5.97 Å². The van der Waals surface area contributed by atoms with Crippen molar-refractivity contribution in [3.05, 3.63) is 34.6 Å². The fourth-order valence-electron chi connectivity index (χ4n) is 3.15. The topological polar surface area (TPSA) is 43.8 Å². The highest BCUT2D eigenvalue weighted by Gasteiger charge is 2.36. The first kappa shape index (κ1) is 17.2. The van der Waals surface area contributed by atoms with E-state index < -0.39 is 17.8 Å². The number of carboxylic acids is 1. The van der Waals surface area contributed by atoms with Crippen LogP contribution < -0.4 is 0 Å². The summed E-state index contributed by atoms with van der Waals surface area (Å²) in [7, 11) is 0. The fourth-order valence-corrected chi connectivity index (χ4v) is 3.42. The highest BCUT2D eigenvalue weighted by atomic mass is 35.5. The number of benzene rings is 1. The van der Waals surface area contributed by atoms with Crippen molar-refractivity contribution in [2.24, 2.45) is 0 Å². The lowest BCUT2D eigenvalue weighted by atomic mass is 10.0. The van der Waals surface area contributed by atoms with Crippen molar-refractivity contribution in [3.63, 3.8) is 0 Å². The lowest BCUT2D eigenvalue weighted by Gasteiger charge is -2.42. The Hall–Kier alpha value is -1.17. The molecule has 0 saturated carbocycles. The molecule has 22 heavy (non-hydrogen) atoms. The van der Waals surface area contributed by atoms with Gasteiger partial charge in [-0.15, -0.1) is 0 Å². The van der Waals surface area contributed by atoms with Crippen LogP contribution in [0.5, 0.6) is 0 Å². The minimum absolute atomic E-state index is 0.0251. The number of piperazine rings is 1. The van der Waals surface area contributed by atoms with E-state index in [1.54, 1.807) is 0 Å². The zero-order valence-corrected chi connectivity index (χ0v) is 13.7. The van der Waals surface area contributed by atoms with Crippen LogP contribution in [-0.4, -0.2) is 53.1 Å². The van der Waals surface area contributed by atoms with Crippen LogP contribution in [0, 0.1) is 5.82 Å². The number of nitrogens with zero attached hydrogens (tertiary/aromatic N) is 2. The molecule has 0 amide bonds. The lowest BCUT2D eigenvalue weighted by Crippen LogP contribution is -2.54. The quantitative estimate of drug-likeness (QED) is 0.902. The average molecular weight is 329 g/mol. The monoisotopic (exact) mass is 328 g/mol. The zero-order valence-electron chi connectivity index (χ0n) is 12.9. The molecule has 122 valence electrons. The molecule has 4 nitrogen and oxygen atoms in total. The molecule has 0 bridgehead atoms. The Morgan fingerprint density at radius 2 is 2.23 bits per heavy atom. The molecule has 1 saturated heterocycles. The van der Waals surface area contributed by atoms with Crippen LogP contribution in [0.25, 0.3) is 0 Å². The summed E-state index contributed by atoms with van der Waals surface area (Å²) in [4.78, 5) is 15.9. The third kappa shape index (κ3) is 3.59. The summed E-state index contributed by atoms with van der Waals surface area (Å²) < 4.78 is 14.2. The number of carboxylic acid groups (broad SMARTS) is 1. The first-order valence-electron chi connectivity index (χ1n) is 7.60. The van der Waals surface area contributed by atoms with Crippen molar-refractivity contribution < 1.29 is 14.3 Å². The summed E-state index contributed by atoms with van der Waals surface area (Å²) >= 11 is 6.07. The molecule has 2 unspecified atom stereocenters. The van der Waals surface area contributed by atoms with E-state index in [2.05, 4.69) is 11.8 Å². The van der Waals surface area contributed by atoms with Crippen LogP contribution in [-0.2, 0) is 4.79 Å². The molecule has 0 aliphatic carbocycles. The number of carbonyl (C=O) groups is 1. The number of hydrogen-bond acceptors (Lipinski definition) is 3. The summed E-state index contributed by atoms with van der Waals surface area (Å²) in [6.07, 6.45) is 1.06. The second-order valence-electron chi connectivity index (χ2n) is 5.76. The Balaban J connectivity index is 2.28. The van der Waals surface area contributed by atoms with Crippen LogP contribution in [0.4, 0.5) is 4.39 Å². The third-order valence-electron chi connectivity index (χ3n) is 4.14. The Labute approximate surface area is 135 Å². The molecule has 1 aromatic rings. The molecule has 2 rings (SSSR count). The smallest absolute Gasteiger partial charge is 0.325 e. The number of halogens is 2. The van der Waals surface area contributed by atoms with Gasteiger partial charge in [0.05, 0.1) is 0 Å². The van der Waals surface area contributed by atoms with Gasteiger partial charge in [-0.1, -0.05) is 24.6 Å². The van der Waals surface area contributed by atoms with Gasteiger partial charge in [0.15, 0.2) is 0 Å². The van der Waals surface area contributed by atoms with E-state index in [0.717, 1.165) is 26.1 Å². The minimum Gasteiger partial charge on any atom is -0.480 e. The van der Waals surface area contributed by atoms with Gasteiger partial charge in [-0.3, -0.25) is 9.69 Å². The Kier molecular flexibility index (Phi) is 5.78. The van der Waals surface area contributed by atoms with Gasteiger partial charge in [0, 0.05) is 36.3 Å². The van der Waals surface area contributed by atoms with Gasteiger partial charge in [-0.2, -0.15) is 0 Å². The molecule has 6 heteroatoms. The van der Waals surface area contributed by atoms with Gasteiger partial charge in [-0.25, -0.2) is 4.39 Å².